The SMILES string of the molecule is COc1cc(CNCc2cnn(C)c2)ccc1OCC(O)CN1CCCCCCC1. The highest BCUT2D eigenvalue weighted by atomic mass is 16.5. The molecule has 0 bridgehead atoms. The third-order valence-corrected chi connectivity index (χ3v) is 5.49. The molecule has 2 aromatic rings. The van der Waals surface area contributed by atoms with E-state index in [4.69, 9.17) is 9.47 Å². The quantitative estimate of drug-likeness (QED) is 0.621. The topological polar surface area (TPSA) is 71.8 Å². The van der Waals surface area contributed by atoms with Gasteiger partial charge in [0.25, 0.3) is 0 Å². The van der Waals surface area contributed by atoms with Gasteiger partial charge in [-0.1, -0.05) is 25.3 Å². The van der Waals surface area contributed by atoms with Crippen molar-refractivity contribution in [2.24, 2.45) is 7.05 Å². The fourth-order valence-electron chi connectivity index (χ4n) is 3.89. The summed E-state index contributed by atoms with van der Waals surface area (Å²) in [6.45, 7) is 4.56. The van der Waals surface area contributed by atoms with Crippen molar-refractivity contribution in [3.05, 3.63) is 41.7 Å². The smallest absolute Gasteiger partial charge is 0.161 e. The molecule has 1 aromatic carbocycles. The molecular weight excluding hydrogens is 380 g/mol. The molecule has 7 heteroatoms. The molecule has 3 rings (SSSR count). The van der Waals surface area contributed by atoms with Gasteiger partial charge in [0.2, 0.25) is 0 Å². The third-order valence-electron chi connectivity index (χ3n) is 5.49. The molecule has 0 spiro atoms. The maximum Gasteiger partial charge on any atom is 0.161 e. The summed E-state index contributed by atoms with van der Waals surface area (Å²) in [5, 5.41) is 18.0. The first-order valence-corrected chi connectivity index (χ1v) is 11.0. The fraction of sp³-hybridized carbons (Fsp3) is 0.609. The van der Waals surface area contributed by atoms with Crippen LogP contribution in [0.25, 0.3) is 0 Å². The number of aliphatic hydroxyl groups is 1. The summed E-state index contributed by atoms with van der Waals surface area (Å²) in [7, 11) is 3.56. The van der Waals surface area contributed by atoms with Crippen molar-refractivity contribution >= 4 is 0 Å². The number of hydrogen-bond acceptors (Lipinski definition) is 6. The highest BCUT2D eigenvalue weighted by Gasteiger charge is 2.15. The molecule has 1 fully saturated rings. The first-order valence-electron chi connectivity index (χ1n) is 11.0. The standard InChI is InChI=1S/C23H36N4O3/c1-26-16-20(15-25-26)14-24-13-19-8-9-22(23(12-19)29-2)30-18-21(28)17-27-10-6-4-3-5-7-11-27/h8-9,12,15-16,21,24,28H,3-7,10-11,13-14,17-18H2,1-2H3. The number of nitrogens with one attached hydrogen (secondary N) is 1. The summed E-state index contributed by atoms with van der Waals surface area (Å²) >= 11 is 0. The number of likely N-dealkylation sites (tertiary alicyclic amines) is 1. The van der Waals surface area contributed by atoms with Gasteiger partial charge in [-0.25, -0.2) is 0 Å². The summed E-state index contributed by atoms with van der Waals surface area (Å²) < 4.78 is 13.2. The first-order chi connectivity index (χ1) is 14.6. The molecule has 166 valence electrons. The van der Waals surface area contributed by atoms with Gasteiger partial charge in [-0.05, 0) is 43.6 Å². The van der Waals surface area contributed by atoms with Crippen LogP contribution in [0.1, 0.15) is 43.2 Å². The molecule has 1 aromatic heterocycles. The van der Waals surface area contributed by atoms with Crippen molar-refractivity contribution in [3.63, 3.8) is 0 Å². The van der Waals surface area contributed by atoms with E-state index < -0.39 is 6.10 Å². The average Bonchev–Trinajstić information content (AvgIpc) is 3.13. The Hall–Kier alpha value is -2.09. The summed E-state index contributed by atoms with van der Waals surface area (Å²) in [5.74, 6) is 1.36. The lowest BCUT2D eigenvalue weighted by Gasteiger charge is -2.26. The van der Waals surface area contributed by atoms with Gasteiger partial charge in [0.1, 0.15) is 12.7 Å². The fourth-order valence-corrected chi connectivity index (χ4v) is 3.89. The molecule has 1 aliphatic heterocycles. The zero-order chi connectivity index (χ0) is 21.2. The molecule has 1 aliphatic rings. The van der Waals surface area contributed by atoms with Crippen molar-refractivity contribution in [2.75, 3.05) is 33.4 Å². The highest BCUT2D eigenvalue weighted by Crippen LogP contribution is 2.28. The average molecular weight is 417 g/mol. The Bertz CT molecular complexity index is 757. The van der Waals surface area contributed by atoms with Gasteiger partial charge in [-0.15, -0.1) is 0 Å². The Labute approximate surface area is 180 Å². The second kappa shape index (κ2) is 11.9. The number of β-amino-alcohol motifs (C(OH)–C–C–N with tert-alkyl or cyclic N) is 1. The number of ether oxygens (including phenoxy) is 2. The second-order valence-corrected chi connectivity index (χ2v) is 8.14. The molecule has 0 aliphatic carbocycles. The second-order valence-electron chi connectivity index (χ2n) is 8.14. The Kier molecular flexibility index (Phi) is 8.99. The van der Waals surface area contributed by atoms with Crippen LogP contribution in [0.15, 0.2) is 30.6 Å². The van der Waals surface area contributed by atoms with Crippen LogP contribution in [0.4, 0.5) is 0 Å². The number of benzene rings is 1. The van der Waals surface area contributed by atoms with Crippen LogP contribution in [0, 0.1) is 0 Å². The van der Waals surface area contributed by atoms with Crippen molar-refractivity contribution in [2.45, 2.75) is 51.3 Å². The van der Waals surface area contributed by atoms with Gasteiger partial charge in [-0.2, -0.15) is 5.10 Å². The van der Waals surface area contributed by atoms with Gasteiger partial charge >= 0.3 is 0 Å². The van der Waals surface area contributed by atoms with E-state index in [1.165, 1.54) is 32.1 Å². The maximum absolute atomic E-state index is 10.4. The van der Waals surface area contributed by atoms with E-state index in [0.717, 1.165) is 37.3 Å². The van der Waals surface area contributed by atoms with E-state index in [-0.39, 0.29) is 6.61 Å². The number of nitrogens with zero attached hydrogens (tertiary/aromatic N) is 3. The summed E-state index contributed by atoms with van der Waals surface area (Å²) in [5.41, 5.74) is 2.27. The number of methoxy groups -OCH3 is 1. The minimum absolute atomic E-state index is 0.269. The lowest BCUT2D eigenvalue weighted by atomic mass is 10.1. The number of rotatable bonds is 10. The molecule has 1 atom stereocenters. The Morgan fingerprint density at radius 1 is 1.07 bits per heavy atom. The van der Waals surface area contributed by atoms with Crippen molar-refractivity contribution in [3.8, 4) is 11.5 Å². The maximum atomic E-state index is 10.4. The van der Waals surface area contributed by atoms with E-state index in [1.54, 1.807) is 11.8 Å². The molecule has 0 radical (unpaired) electrons. The van der Waals surface area contributed by atoms with Crippen molar-refractivity contribution < 1.29 is 14.6 Å². The third kappa shape index (κ3) is 7.31. The molecule has 2 N–H and O–H groups in total. The molecule has 0 saturated carbocycles. The van der Waals surface area contributed by atoms with Crippen LogP contribution in [0.5, 0.6) is 11.5 Å². The normalized spacial score (nSPS) is 16.6. The lowest BCUT2D eigenvalue weighted by molar-refractivity contribution is 0.0645. The highest BCUT2D eigenvalue weighted by molar-refractivity contribution is 5.43. The molecule has 7 nitrogen and oxygen atoms in total. The number of aliphatic hydroxyl groups excluding tert-OH is 1. The minimum atomic E-state index is -0.505. The van der Waals surface area contributed by atoms with E-state index in [9.17, 15) is 5.11 Å². The van der Waals surface area contributed by atoms with Crippen LogP contribution in [0.2, 0.25) is 0 Å². The monoisotopic (exact) mass is 416 g/mol. The van der Waals surface area contributed by atoms with Gasteiger partial charge in [0, 0.05) is 38.4 Å². The van der Waals surface area contributed by atoms with Crippen LogP contribution in [0.3, 0.4) is 0 Å². The number of aryl methyl sites for hydroxylation is 1. The van der Waals surface area contributed by atoms with Gasteiger partial charge < -0.3 is 24.8 Å². The molecule has 2 heterocycles. The Balaban J connectivity index is 1.45. The predicted molar refractivity (Wildman–Crippen MR) is 118 cm³/mol. The summed E-state index contributed by atoms with van der Waals surface area (Å²) in [6, 6.07) is 5.93. The van der Waals surface area contributed by atoms with Crippen LogP contribution < -0.4 is 14.8 Å². The Morgan fingerprint density at radius 3 is 2.50 bits per heavy atom. The van der Waals surface area contributed by atoms with E-state index in [1.807, 2.05) is 37.6 Å². The van der Waals surface area contributed by atoms with E-state index >= 15 is 0 Å². The summed E-state index contributed by atoms with van der Waals surface area (Å²) in [4.78, 5) is 2.36. The summed E-state index contributed by atoms with van der Waals surface area (Å²) in [6.07, 6.45) is 9.73. The molecule has 30 heavy (non-hydrogen) atoms. The lowest BCUT2D eigenvalue weighted by Crippen LogP contribution is -2.37. The van der Waals surface area contributed by atoms with Crippen LogP contribution in [-0.2, 0) is 20.1 Å². The Morgan fingerprint density at radius 2 is 1.80 bits per heavy atom. The largest absolute Gasteiger partial charge is 0.493 e. The molecule has 1 saturated heterocycles. The molecular formula is C23H36N4O3. The zero-order valence-electron chi connectivity index (χ0n) is 18.3. The molecule has 1 unspecified atom stereocenters. The zero-order valence-corrected chi connectivity index (χ0v) is 18.3. The van der Waals surface area contributed by atoms with Gasteiger partial charge in [-0.3, -0.25) is 4.68 Å². The van der Waals surface area contributed by atoms with Crippen LogP contribution >= 0.6 is 0 Å². The van der Waals surface area contributed by atoms with Gasteiger partial charge in [0.05, 0.1) is 13.3 Å². The minimum Gasteiger partial charge on any atom is -0.493 e. The van der Waals surface area contributed by atoms with E-state index in [0.29, 0.717) is 18.0 Å². The van der Waals surface area contributed by atoms with Crippen molar-refractivity contribution in [1.82, 2.24) is 20.0 Å². The van der Waals surface area contributed by atoms with Crippen LogP contribution in [-0.4, -0.2) is 59.2 Å². The van der Waals surface area contributed by atoms with Crippen molar-refractivity contribution in [1.29, 1.82) is 0 Å². The first kappa shape index (κ1) is 22.6. The van der Waals surface area contributed by atoms with E-state index in [2.05, 4.69) is 15.3 Å². The number of aromatic nitrogens is 2. The molecule has 0 amide bonds. The van der Waals surface area contributed by atoms with Gasteiger partial charge in [0.15, 0.2) is 11.5 Å². The predicted octanol–water partition coefficient (Wildman–Crippen LogP) is 2.72. The number of hydrogen-bond donors (Lipinski definition) is 2.